The summed E-state index contributed by atoms with van der Waals surface area (Å²) in [4.78, 5) is 0. The molecule has 11 heteroatoms. The molecule has 0 aromatic heterocycles. The Bertz CT molecular complexity index is 1030. The molecule has 0 atom stereocenters. The van der Waals surface area contributed by atoms with E-state index in [0.29, 0.717) is 16.2 Å². The summed E-state index contributed by atoms with van der Waals surface area (Å²) in [5, 5.41) is 5.79. The SMILES string of the molecule is CN(CCNC1CCCC1)S(=O)(=O)Nc1ccc(F)c(F)c1Nc1ccc(I)cc1F. The van der Waals surface area contributed by atoms with Gasteiger partial charge in [0, 0.05) is 29.7 Å². The van der Waals surface area contributed by atoms with Gasteiger partial charge in [0.1, 0.15) is 11.5 Å². The Balaban J connectivity index is 1.75. The van der Waals surface area contributed by atoms with Crippen LogP contribution in [0.2, 0.25) is 0 Å². The maximum atomic E-state index is 14.5. The first kappa shape index (κ1) is 24.1. The van der Waals surface area contributed by atoms with Gasteiger partial charge in [0.15, 0.2) is 11.6 Å². The lowest BCUT2D eigenvalue weighted by Gasteiger charge is -2.21. The molecular weight excluding hydrogens is 544 g/mol. The lowest BCUT2D eigenvalue weighted by Crippen LogP contribution is -2.39. The van der Waals surface area contributed by atoms with Gasteiger partial charge in [-0.05, 0) is 65.8 Å². The second-order valence-corrected chi connectivity index (χ2v) is 10.4. The summed E-state index contributed by atoms with van der Waals surface area (Å²) in [6, 6.07) is 6.46. The molecule has 6 nitrogen and oxygen atoms in total. The van der Waals surface area contributed by atoms with Gasteiger partial charge in [0.2, 0.25) is 0 Å². The van der Waals surface area contributed by atoms with Crippen molar-refractivity contribution in [1.29, 1.82) is 0 Å². The van der Waals surface area contributed by atoms with Crippen LogP contribution in [0, 0.1) is 21.0 Å². The van der Waals surface area contributed by atoms with Crippen molar-refractivity contribution < 1.29 is 21.6 Å². The second-order valence-electron chi connectivity index (χ2n) is 7.40. The van der Waals surface area contributed by atoms with E-state index in [1.165, 1.54) is 32.0 Å². The number of hydrogen-bond acceptors (Lipinski definition) is 4. The van der Waals surface area contributed by atoms with Gasteiger partial charge in [-0.1, -0.05) is 12.8 Å². The molecule has 0 amide bonds. The molecule has 0 spiro atoms. The quantitative estimate of drug-likeness (QED) is 0.388. The fourth-order valence-electron chi connectivity index (χ4n) is 3.38. The van der Waals surface area contributed by atoms with Crippen LogP contribution in [0.5, 0.6) is 0 Å². The average molecular weight is 568 g/mol. The lowest BCUT2D eigenvalue weighted by atomic mass is 10.2. The summed E-state index contributed by atoms with van der Waals surface area (Å²) < 4.78 is 71.9. The fourth-order valence-corrected chi connectivity index (χ4v) is 4.77. The molecule has 2 aromatic carbocycles. The standard InChI is InChI=1S/C20H24F3IN4O2S/c1-28(11-10-25-14-4-2-3-5-14)31(29,30)27-18-9-7-15(21)19(23)20(18)26-17-8-6-13(24)12-16(17)22/h6-9,12,14,25-27H,2-5,10-11H2,1H3. The first-order valence-electron chi connectivity index (χ1n) is 9.85. The van der Waals surface area contributed by atoms with Gasteiger partial charge in [-0.3, -0.25) is 4.72 Å². The predicted molar refractivity (Wildman–Crippen MR) is 124 cm³/mol. The molecule has 2 aromatic rings. The third kappa shape index (κ3) is 6.24. The van der Waals surface area contributed by atoms with E-state index in [9.17, 15) is 21.6 Å². The topological polar surface area (TPSA) is 73.5 Å². The zero-order valence-electron chi connectivity index (χ0n) is 16.9. The van der Waals surface area contributed by atoms with Crippen LogP contribution in [-0.4, -0.2) is 38.9 Å². The first-order valence-corrected chi connectivity index (χ1v) is 12.4. The fraction of sp³-hybridized carbons (Fsp3) is 0.400. The number of halogens is 4. The van der Waals surface area contributed by atoms with E-state index < -0.39 is 33.3 Å². The van der Waals surface area contributed by atoms with Gasteiger partial charge in [-0.2, -0.15) is 12.7 Å². The summed E-state index contributed by atoms with van der Waals surface area (Å²) in [6.45, 7) is 0.669. The van der Waals surface area contributed by atoms with Crippen LogP contribution in [0.3, 0.4) is 0 Å². The molecule has 3 rings (SSSR count). The van der Waals surface area contributed by atoms with Gasteiger partial charge < -0.3 is 10.6 Å². The molecule has 1 aliphatic carbocycles. The average Bonchev–Trinajstić information content (AvgIpc) is 3.22. The van der Waals surface area contributed by atoms with E-state index in [1.54, 1.807) is 6.07 Å². The van der Waals surface area contributed by atoms with Gasteiger partial charge >= 0.3 is 10.2 Å². The highest BCUT2D eigenvalue weighted by molar-refractivity contribution is 14.1. The van der Waals surface area contributed by atoms with E-state index in [2.05, 4.69) is 15.4 Å². The zero-order chi connectivity index (χ0) is 22.6. The van der Waals surface area contributed by atoms with E-state index in [-0.39, 0.29) is 17.9 Å². The van der Waals surface area contributed by atoms with E-state index in [4.69, 9.17) is 0 Å². The number of likely N-dealkylation sites (N-methyl/N-ethyl adjacent to an activating group) is 1. The molecule has 170 valence electrons. The molecule has 0 radical (unpaired) electrons. The van der Waals surface area contributed by atoms with Crippen LogP contribution in [0.25, 0.3) is 0 Å². The van der Waals surface area contributed by atoms with Crippen molar-refractivity contribution in [3.05, 3.63) is 51.4 Å². The highest BCUT2D eigenvalue weighted by Gasteiger charge is 2.23. The number of nitrogens with one attached hydrogen (secondary N) is 3. The number of rotatable bonds is 9. The molecule has 31 heavy (non-hydrogen) atoms. The molecule has 0 bridgehead atoms. The van der Waals surface area contributed by atoms with Crippen molar-refractivity contribution >= 4 is 49.9 Å². The summed E-state index contributed by atoms with van der Waals surface area (Å²) in [6.07, 6.45) is 4.49. The maximum Gasteiger partial charge on any atom is 0.301 e. The van der Waals surface area contributed by atoms with Crippen molar-refractivity contribution in [2.45, 2.75) is 31.7 Å². The van der Waals surface area contributed by atoms with Gasteiger partial charge in [0.25, 0.3) is 0 Å². The molecule has 0 unspecified atom stereocenters. The Hall–Kier alpha value is -1.57. The Morgan fingerprint density at radius 1 is 1.06 bits per heavy atom. The Morgan fingerprint density at radius 2 is 1.74 bits per heavy atom. The minimum atomic E-state index is -4.05. The van der Waals surface area contributed by atoms with Crippen molar-refractivity contribution in [3.63, 3.8) is 0 Å². The normalized spacial score (nSPS) is 14.9. The second kappa shape index (κ2) is 10.4. The van der Waals surface area contributed by atoms with Crippen LogP contribution >= 0.6 is 22.6 Å². The molecule has 1 fully saturated rings. The van der Waals surface area contributed by atoms with E-state index >= 15 is 0 Å². The molecular formula is C20H24F3IN4O2S. The molecule has 0 saturated heterocycles. The van der Waals surface area contributed by atoms with E-state index in [1.807, 2.05) is 22.6 Å². The zero-order valence-corrected chi connectivity index (χ0v) is 19.9. The molecule has 3 N–H and O–H groups in total. The van der Waals surface area contributed by atoms with E-state index in [0.717, 1.165) is 29.3 Å². The van der Waals surface area contributed by atoms with Crippen molar-refractivity contribution in [2.24, 2.45) is 0 Å². The highest BCUT2D eigenvalue weighted by atomic mass is 127. The molecule has 1 saturated carbocycles. The molecule has 1 aliphatic rings. The Kier molecular flexibility index (Phi) is 8.05. The first-order chi connectivity index (χ1) is 14.7. The summed E-state index contributed by atoms with van der Waals surface area (Å²) >= 11 is 1.92. The van der Waals surface area contributed by atoms with Crippen LogP contribution in [-0.2, 0) is 10.2 Å². The third-order valence-corrected chi connectivity index (χ3v) is 7.30. The Morgan fingerprint density at radius 3 is 2.42 bits per heavy atom. The van der Waals surface area contributed by atoms with Crippen molar-refractivity contribution in [2.75, 3.05) is 30.2 Å². The van der Waals surface area contributed by atoms with Crippen LogP contribution in [0.1, 0.15) is 25.7 Å². The minimum absolute atomic E-state index is 0.112. The van der Waals surface area contributed by atoms with Crippen LogP contribution < -0.4 is 15.4 Å². The predicted octanol–water partition coefficient (Wildman–Crippen LogP) is 4.57. The van der Waals surface area contributed by atoms with Crippen molar-refractivity contribution in [1.82, 2.24) is 9.62 Å². The molecule has 0 heterocycles. The maximum absolute atomic E-state index is 14.5. The van der Waals surface area contributed by atoms with Gasteiger partial charge in [-0.25, -0.2) is 13.2 Å². The van der Waals surface area contributed by atoms with Crippen LogP contribution in [0.4, 0.5) is 30.2 Å². The number of nitrogens with zero attached hydrogens (tertiary/aromatic N) is 1. The number of hydrogen-bond donors (Lipinski definition) is 3. The highest BCUT2D eigenvalue weighted by Crippen LogP contribution is 2.32. The monoisotopic (exact) mass is 568 g/mol. The largest absolute Gasteiger partial charge is 0.349 e. The smallest absolute Gasteiger partial charge is 0.301 e. The minimum Gasteiger partial charge on any atom is -0.349 e. The van der Waals surface area contributed by atoms with Crippen molar-refractivity contribution in [3.8, 4) is 0 Å². The Labute approximate surface area is 193 Å². The third-order valence-electron chi connectivity index (χ3n) is 5.15. The van der Waals surface area contributed by atoms with Crippen LogP contribution in [0.15, 0.2) is 30.3 Å². The number of anilines is 3. The summed E-state index contributed by atoms with van der Waals surface area (Å²) in [7, 11) is -2.66. The van der Waals surface area contributed by atoms with Gasteiger partial charge in [0.05, 0.1) is 11.4 Å². The summed E-state index contributed by atoms with van der Waals surface area (Å²) in [5.74, 6) is -3.19. The number of benzene rings is 2. The van der Waals surface area contributed by atoms with Gasteiger partial charge in [-0.15, -0.1) is 0 Å². The lowest BCUT2D eigenvalue weighted by molar-refractivity contribution is 0.438. The summed E-state index contributed by atoms with van der Waals surface area (Å²) in [5.41, 5.74) is -0.840. The molecule has 0 aliphatic heterocycles.